The average molecular weight is 368 g/mol. The zero-order chi connectivity index (χ0) is 18.9. The van der Waals surface area contributed by atoms with Crippen LogP contribution in [0.5, 0.6) is 0 Å². The predicted molar refractivity (Wildman–Crippen MR) is 106 cm³/mol. The van der Waals surface area contributed by atoms with E-state index in [1.807, 2.05) is 29.2 Å². The van der Waals surface area contributed by atoms with Crippen molar-refractivity contribution in [3.05, 3.63) is 59.5 Å². The fourth-order valence-electron chi connectivity index (χ4n) is 3.21. The molecule has 2 aromatic rings. The number of carbonyl (C=O) groups excluding carboxylic acids is 1. The minimum Gasteiger partial charge on any atom is -0.469 e. The molecule has 1 aliphatic rings. The molecule has 0 unspecified atom stereocenters. The molecule has 0 bridgehead atoms. The third kappa shape index (κ3) is 5.61. The van der Waals surface area contributed by atoms with Gasteiger partial charge in [-0.2, -0.15) is 0 Å². The Morgan fingerprint density at radius 1 is 1.19 bits per heavy atom. The quantitative estimate of drug-likeness (QED) is 0.555. The van der Waals surface area contributed by atoms with Crippen molar-refractivity contribution in [1.82, 2.24) is 15.5 Å². The SMILES string of the molecule is CCNC(=NCc1ccccc1CN1CCCC1=O)NCCc1ccco1. The van der Waals surface area contributed by atoms with Crippen molar-refractivity contribution in [2.75, 3.05) is 19.6 Å². The normalized spacial score (nSPS) is 14.6. The second-order valence-corrected chi connectivity index (χ2v) is 6.64. The van der Waals surface area contributed by atoms with Crippen molar-refractivity contribution >= 4 is 11.9 Å². The second-order valence-electron chi connectivity index (χ2n) is 6.64. The number of nitrogens with zero attached hydrogens (tertiary/aromatic N) is 2. The third-order valence-corrected chi connectivity index (χ3v) is 4.65. The molecule has 2 heterocycles. The summed E-state index contributed by atoms with van der Waals surface area (Å²) in [6.45, 7) is 5.71. The number of carbonyl (C=O) groups is 1. The number of furan rings is 1. The summed E-state index contributed by atoms with van der Waals surface area (Å²) < 4.78 is 5.36. The van der Waals surface area contributed by atoms with Gasteiger partial charge in [0, 0.05) is 39.0 Å². The van der Waals surface area contributed by atoms with Crippen LogP contribution in [0.3, 0.4) is 0 Å². The van der Waals surface area contributed by atoms with Gasteiger partial charge in [-0.15, -0.1) is 0 Å². The Morgan fingerprint density at radius 2 is 2.04 bits per heavy atom. The van der Waals surface area contributed by atoms with Crippen LogP contribution in [0.15, 0.2) is 52.1 Å². The van der Waals surface area contributed by atoms with Gasteiger partial charge in [-0.25, -0.2) is 4.99 Å². The van der Waals surface area contributed by atoms with Crippen LogP contribution in [0.25, 0.3) is 0 Å². The second kappa shape index (κ2) is 9.80. The Labute approximate surface area is 160 Å². The van der Waals surface area contributed by atoms with Gasteiger partial charge in [0.05, 0.1) is 12.8 Å². The zero-order valence-electron chi connectivity index (χ0n) is 15.9. The van der Waals surface area contributed by atoms with E-state index in [0.717, 1.165) is 49.8 Å². The van der Waals surface area contributed by atoms with E-state index >= 15 is 0 Å². The van der Waals surface area contributed by atoms with Gasteiger partial charge in [0.1, 0.15) is 5.76 Å². The van der Waals surface area contributed by atoms with Gasteiger partial charge in [-0.3, -0.25) is 4.79 Å². The molecule has 1 aromatic carbocycles. The van der Waals surface area contributed by atoms with Crippen LogP contribution in [0, 0.1) is 0 Å². The van der Waals surface area contributed by atoms with E-state index in [9.17, 15) is 4.79 Å². The molecule has 0 spiro atoms. The summed E-state index contributed by atoms with van der Waals surface area (Å²) >= 11 is 0. The first kappa shape index (κ1) is 19.0. The van der Waals surface area contributed by atoms with Crippen LogP contribution in [-0.2, 0) is 24.3 Å². The first-order chi connectivity index (χ1) is 13.3. The highest BCUT2D eigenvalue weighted by molar-refractivity contribution is 5.79. The lowest BCUT2D eigenvalue weighted by atomic mass is 10.1. The number of hydrogen-bond donors (Lipinski definition) is 2. The van der Waals surface area contributed by atoms with Gasteiger partial charge in [-0.1, -0.05) is 24.3 Å². The molecule has 1 aliphatic heterocycles. The Morgan fingerprint density at radius 3 is 2.74 bits per heavy atom. The van der Waals surface area contributed by atoms with Crippen LogP contribution < -0.4 is 10.6 Å². The van der Waals surface area contributed by atoms with Crippen molar-refractivity contribution < 1.29 is 9.21 Å². The fraction of sp³-hybridized carbons (Fsp3) is 0.429. The number of hydrogen-bond acceptors (Lipinski definition) is 3. The molecule has 1 amide bonds. The van der Waals surface area contributed by atoms with Crippen LogP contribution in [0.2, 0.25) is 0 Å². The number of benzene rings is 1. The molecule has 0 aliphatic carbocycles. The lowest BCUT2D eigenvalue weighted by Gasteiger charge is -2.18. The summed E-state index contributed by atoms with van der Waals surface area (Å²) in [4.78, 5) is 18.6. The highest BCUT2D eigenvalue weighted by Crippen LogP contribution is 2.17. The lowest BCUT2D eigenvalue weighted by molar-refractivity contribution is -0.128. The van der Waals surface area contributed by atoms with E-state index in [1.54, 1.807) is 6.26 Å². The number of rotatable bonds is 8. The van der Waals surface area contributed by atoms with Crippen LogP contribution in [0.1, 0.15) is 36.7 Å². The highest BCUT2D eigenvalue weighted by Gasteiger charge is 2.20. The van der Waals surface area contributed by atoms with Crippen molar-refractivity contribution in [3.63, 3.8) is 0 Å². The number of nitrogens with one attached hydrogen (secondary N) is 2. The molecule has 0 radical (unpaired) electrons. The Bertz CT molecular complexity index is 755. The van der Waals surface area contributed by atoms with Crippen molar-refractivity contribution in [1.29, 1.82) is 0 Å². The summed E-state index contributed by atoms with van der Waals surface area (Å²) in [5, 5.41) is 6.62. The maximum Gasteiger partial charge on any atom is 0.222 e. The summed E-state index contributed by atoms with van der Waals surface area (Å²) in [5.74, 6) is 2.00. The van der Waals surface area contributed by atoms with Gasteiger partial charge in [0.2, 0.25) is 5.91 Å². The molecule has 0 atom stereocenters. The summed E-state index contributed by atoms with van der Waals surface area (Å²) in [7, 11) is 0. The lowest BCUT2D eigenvalue weighted by Crippen LogP contribution is -2.38. The van der Waals surface area contributed by atoms with Crippen LogP contribution >= 0.6 is 0 Å². The number of guanidine groups is 1. The Kier molecular flexibility index (Phi) is 6.90. The average Bonchev–Trinajstić information content (AvgIpc) is 3.33. The van der Waals surface area contributed by atoms with E-state index in [4.69, 9.17) is 9.41 Å². The van der Waals surface area contributed by atoms with Crippen LogP contribution in [0.4, 0.5) is 0 Å². The summed E-state index contributed by atoms with van der Waals surface area (Å²) in [5.41, 5.74) is 2.32. The first-order valence-electron chi connectivity index (χ1n) is 9.65. The van der Waals surface area contributed by atoms with Gasteiger partial charge in [-0.05, 0) is 36.6 Å². The van der Waals surface area contributed by atoms with Gasteiger partial charge in [0.15, 0.2) is 5.96 Å². The summed E-state index contributed by atoms with van der Waals surface area (Å²) in [6, 6.07) is 12.1. The zero-order valence-corrected chi connectivity index (χ0v) is 15.9. The number of aliphatic imine (C=N–C) groups is 1. The Balaban J connectivity index is 1.60. The monoisotopic (exact) mass is 368 g/mol. The maximum absolute atomic E-state index is 11.9. The van der Waals surface area contributed by atoms with Gasteiger partial charge < -0.3 is 20.0 Å². The van der Waals surface area contributed by atoms with Crippen molar-refractivity contribution in [3.8, 4) is 0 Å². The van der Waals surface area contributed by atoms with Crippen LogP contribution in [-0.4, -0.2) is 36.4 Å². The molecular formula is C21H28N4O2. The molecule has 1 saturated heterocycles. The first-order valence-corrected chi connectivity index (χ1v) is 9.65. The van der Waals surface area contributed by atoms with E-state index in [-0.39, 0.29) is 5.91 Å². The maximum atomic E-state index is 11.9. The molecule has 2 N–H and O–H groups in total. The van der Waals surface area contributed by atoms with E-state index in [0.29, 0.717) is 19.5 Å². The largest absolute Gasteiger partial charge is 0.469 e. The Hall–Kier alpha value is -2.76. The topological polar surface area (TPSA) is 69.9 Å². The number of amides is 1. The van der Waals surface area contributed by atoms with E-state index < -0.39 is 0 Å². The number of likely N-dealkylation sites (tertiary alicyclic amines) is 1. The molecule has 6 nitrogen and oxygen atoms in total. The standard InChI is InChI=1S/C21H28N4O2/c1-2-22-21(23-12-11-19-9-6-14-27-19)24-15-17-7-3-4-8-18(17)16-25-13-5-10-20(25)26/h3-4,6-9,14H,2,5,10-13,15-16H2,1H3,(H2,22,23,24). The van der Waals surface area contributed by atoms with Gasteiger partial charge in [0.25, 0.3) is 0 Å². The molecule has 3 rings (SSSR count). The molecule has 144 valence electrons. The molecule has 27 heavy (non-hydrogen) atoms. The minimum atomic E-state index is 0.251. The molecule has 0 saturated carbocycles. The van der Waals surface area contributed by atoms with E-state index in [2.05, 4.69) is 29.7 Å². The summed E-state index contributed by atoms with van der Waals surface area (Å²) in [6.07, 6.45) is 4.13. The molecular weight excluding hydrogens is 340 g/mol. The molecule has 1 aromatic heterocycles. The van der Waals surface area contributed by atoms with Crippen molar-refractivity contribution in [2.45, 2.75) is 39.3 Å². The fourth-order valence-corrected chi connectivity index (χ4v) is 3.21. The highest BCUT2D eigenvalue weighted by atomic mass is 16.3. The third-order valence-electron chi connectivity index (χ3n) is 4.65. The molecule has 1 fully saturated rings. The minimum absolute atomic E-state index is 0.251. The molecule has 6 heteroatoms. The van der Waals surface area contributed by atoms with Crippen molar-refractivity contribution in [2.24, 2.45) is 4.99 Å². The van der Waals surface area contributed by atoms with E-state index in [1.165, 1.54) is 5.56 Å². The smallest absolute Gasteiger partial charge is 0.222 e. The predicted octanol–water partition coefficient (Wildman–Crippen LogP) is 2.70. The van der Waals surface area contributed by atoms with Gasteiger partial charge >= 0.3 is 0 Å².